The van der Waals surface area contributed by atoms with Gasteiger partial charge in [0.05, 0.1) is 6.61 Å². The van der Waals surface area contributed by atoms with Gasteiger partial charge in [0.2, 0.25) is 0 Å². The molecule has 2 aromatic rings. The highest BCUT2D eigenvalue weighted by Gasteiger charge is 2.24. The molecule has 1 unspecified atom stereocenters. The van der Waals surface area contributed by atoms with E-state index >= 15 is 0 Å². The van der Waals surface area contributed by atoms with Crippen LogP contribution in [0.1, 0.15) is 28.4 Å². The zero-order valence-corrected chi connectivity index (χ0v) is 13.3. The first-order valence-electron chi connectivity index (χ1n) is 7.12. The largest absolute Gasteiger partial charge is 0.335 e. The molecule has 4 nitrogen and oxygen atoms in total. The van der Waals surface area contributed by atoms with Crippen LogP contribution >= 0.6 is 7.60 Å². The average molecular weight is 318 g/mol. The third kappa shape index (κ3) is 4.92. The first-order chi connectivity index (χ1) is 10.5. The highest BCUT2D eigenvalue weighted by atomic mass is 31.2. The summed E-state index contributed by atoms with van der Waals surface area (Å²) in [4.78, 5) is 21.7. The lowest BCUT2D eigenvalue weighted by atomic mass is 10.0. The summed E-state index contributed by atoms with van der Waals surface area (Å²) in [5, 5.41) is 0. The van der Waals surface area contributed by atoms with Crippen LogP contribution in [0.25, 0.3) is 0 Å². The maximum atomic E-state index is 12.1. The monoisotopic (exact) mass is 318 g/mol. The van der Waals surface area contributed by atoms with Crippen molar-refractivity contribution >= 4 is 13.4 Å². The minimum Gasteiger partial charge on any atom is -0.324 e. The maximum absolute atomic E-state index is 12.1. The summed E-state index contributed by atoms with van der Waals surface area (Å²) < 4.78 is 16.4. The van der Waals surface area contributed by atoms with Crippen molar-refractivity contribution in [1.29, 1.82) is 0 Å². The lowest BCUT2D eigenvalue weighted by molar-refractivity contribution is 0.101. The fourth-order valence-electron chi connectivity index (χ4n) is 2.21. The highest BCUT2D eigenvalue weighted by Crippen LogP contribution is 2.42. The van der Waals surface area contributed by atoms with Crippen molar-refractivity contribution in [3.8, 4) is 0 Å². The fraction of sp³-hybridized carbons (Fsp3) is 0.235. The van der Waals surface area contributed by atoms with Crippen molar-refractivity contribution in [1.82, 2.24) is 0 Å². The molecular weight excluding hydrogens is 299 g/mol. The van der Waals surface area contributed by atoms with Gasteiger partial charge >= 0.3 is 7.60 Å². The molecule has 0 aliphatic rings. The summed E-state index contributed by atoms with van der Waals surface area (Å²) in [5.41, 5.74) is 2.57. The summed E-state index contributed by atoms with van der Waals surface area (Å²) >= 11 is 0. The third-order valence-corrected chi connectivity index (χ3v) is 4.52. The van der Waals surface area contributed by atoms with E-state index < -0.39 is 13.8 Å². The number of benzene rings is 2. The van der Waals surface area contributed by atoms with E-state index in [1.54, 1.807) is 25.1 Å². The van der Waals surface area contributed by atoms with E-state index in [-0.39, 0.29) is 12.4 Å². The van der Waals surface area contributed by atoms with Gasteiger partial charge in [-0.3, -0.25) is 9.36 Å². The first kappa shape index (κ1) is 16.6. The Morgan fingerprint density at radius 3 is 2.45 bits per heavy atom. The fourth-order valence-corrected chi connectivity index (χ4v) is 3.25. The Hall–Kier alpha value is -1.74. The van der Waals surface area contributed by atoms with E-state index in [9.17, 15) is 14.3 Å². The van der Waals surface area contributed by atoms with Crippen molar-refractivity contribution < 1.29 is 18.8 Å². The molecule has 22 heavy (non-hydrogen) atoms. The highest BCUT2D eigenvalue weighted by molar-refractivity contribution is 7.53. The molecule has 1 atom stereocenters. The lowest BCUT2D eigenvalue weighted by Gasteiger charge is -2.10. The van der Waals surface area contributed by atoms with Gasteiger partial charge in [0.15, 0.2) is 5.78 Å². The first-order valence-corrected chi connectivity index (χ1v) is 8.89. The smallest absolute Gasteiger partial charge is 0.324 e. The van der Waals surface area contributed by atoms with E-state index in [2.05, 4.69) is 0 Å². The van der Waals surface area contributed by atoms with Crippen LogP contribution in [-0.4, -0.2) is 23.4 Å². The topological polar surface area (TPSA) is 63.6 Å². The second kappa shape index (κ2) is 7.50. The molecule has 0 saturated carbocycles. The predicted octanol–water partition coefficient (Wildman–Crippen LogP) is 3.68. The molecule has 0 aromatic heterocycles. The van der Waals surface area contributed by atoms with Crippen LogP contribution in [0.15, 0.2) is 54.6 Å². The average Bonchev–Trinajstić information content (AvgIpc) is 2.48. The normalized spacial score (nSPS) is 13.5. The quantitative estimate of drug-likeness (QED) is 0.625. The molecule has 2 rings (SSSR count). The van der Waals surface area contributed by atoms with Gasteiger partial charge in [0.25, 0.3) is 0 Å². The van der Waals surface area contributed by atoms with Crippen molar-refractivity contribution in [2.24, 2.45) is 0 Å². The van der Waals surface area contributed by atoms with Crippen molar-refractivity contribution in [3.05, 3.63) is 71.3 Å². The zero-order chi connectivity index (χ0) is 16.0. The zero-order valence-electron chi connectivity index (χ0n) is 12.4. The van der Waals surface area contributed by atoms with Crippen molar-refractivity contribution in [2.75, 3.05) is 12.8 Å². The van der Waals surface area contributed by atoms with E-state index in [0.717, 1.165) is 11.1 Å². The second-order valence-electron chi connectivity index (χ2n) is 5.00. The molecule has 0 saturated heterocycles. The molecule has 5 heteroatoms. The third-order valence-electron chi connectivity index (χ3n) is 3.17. The van der Waals surface area contributed by atoms with E-state index in [1.165, 1.54) is 0 Å². The number of hydrogen-bond donors (Lipinski definition) is 1. The summed E-state index contributed by atoms with van der Waals surface area (Å²) in [6.45, 7) is 1.73. The van der Waals surface area contributed by atoms with Crippen LogP contribution in [0.5, 0.6) is 0 Å². The SMILES string of the molecule is CCOP(=O)(O)CC(=O)c1cccc(Cc2ccccc2)c1. The number of carbonyl (C=O) groups excluding carboxylic acids is 1. The molecule has 116 valence electrons. The Bertz CT molecular complexity index is 682. The molecule has 0 aliphatic carbocycles. The molecule has 0 heterocycles. The van der Waals surface area contributed by atoms with Gasteiger partial charge in [-0.05, 0) is 30.5 Å². The standard InChI is InChI=1S/C17H19O4P/c1-2-21-22(19,20)13-17(18)16-10-6-9-15(12-16)11-14-7-4-3-5-8-14/h3-10,12H,2,11,13H2,1H3,(H,19,20). The Morgan fingerprint density at radius 2 is 1.77 bits per heavy atom. The number of rotatable bonds is 7. The van der Waals surface area contributed by atoms with Gasteiger partial charge in [-0.25, -0.2) is 0 Å². The van der Waals surface area contributed by atoms with Gasteiger partial charge < -0.3 is 9.42 Å². The molecule has 2 aromatic carbocycles. The molecule has 0 amide bonds. The van der Waals surface area contributed by atoms with E-state index in [4.69, 9.17) is 4.52 Å². The molecule has 1 N–H and O–H groups in total. The Labute approximate surface area is 130 Å². The number of hydrogen-bond acceptors (Lipinski definition) is 3. The summed E-state index contributed by atoms with van der Waals surface area (Å²) in [6, 6.07) is 17.1. The number of Topliss-reactive ketones (excluding diaryl/α,β-unsaturated/α-hetero) is 1. The van der Waals surface area contributed by atoms with Gasteiger partial charge in [0, 0.05) is 5.56 Å². The van der Waals surface area contributed by atoms with Crippen molar-refractivity contribution in [2.45, 2.75) is 13.3 Å². The lowest BCUT2D eigenvalue weighted by Crippen LogP contribution is -2.08. The Kier molecular flexibility index (Phi) is 5.67. The van der Waals surface area contributed by atoms with Gasteiger partial charge in [0.1, 0.15) is 6.16 Å². The van der Waals surface area contributed by atoms with E-state index in [0.29, 0.717) is 12.0 Å². The second-order valence-corrected chi connectivity index (χ2v) is 6.85. The van der Waals surface area contributed by atoms with Crippen LogP contribution in [0.2, 0.25) is 0 Å². The minimum atomic E-state index is -3.85. The Balaban J connectivity index is 2.11. The van der Waals surface area contributed by atoms with Crippen molar-refractivity contribution in [3.63, 3.8) is 0 Å². The molecule has 0 fully saturated rings. The summed E-state index contributed by atoms with van der Waals surface area (Å²) in [6.07, 6.45) is 0.222. The molecule has 0 radical (unpaired) electrons. The molecular formula is C17H19O4P. The molecule has 0 bridgehead atoms. The number of carbonyl (C=O) groups is 1. The van der Waals surface area contributed by atoms with Crippen LogP contribution in [0.4, 0.5) is 0 Å². The van der Waals surface area contributed by atoms with Crippen LogP contribution in [0.3, 0.4) is 0 Å². The van der Waals surface area contributed by atoms with Crippen LogP contribution in [0, 0.1) is 0 Å². The molecule has 0 spiro atoms. The maximum Gasteiger partial charge on any atom is 0.335 e. The predicted molar refractivity (Wildman–Crippen MR) is 86.3 cm³/mol. The summed E-state index contributed by atoms with van der Waals surface area (Å²) in [5.74, 6) is -0.380. The molecule has 0 aliphatic heterocycles. The van der Waals surface area contributed by atoms with Gasteiger partial charge in [-0.1, -0.05) is 48.5 Å². The number of ketones is 1. The Morgan fingerprint density at radius 1 is 1.09 bits per heavy atom. The van der Waals surface area contributed by atoms with Gasteiger partial charge in [-0.15, -0.1) is 0 Å². The minimum absolute atomic E-state index is 0.106. The van der Waals surface area contributed by atoms with E-state index in [1.807, 2.05) is 36.4 Å². The summed E-state index contributed by atoms with van der Waals surface area (Å²) in [7, 11) is -3.85. The van der Waals surface area contributed by atoms with Crippen LogP contribution < -0.4 is 0 Å². The van der Waals surface area contributed by atoms with Gasteiger partial charge in [-0.2, -0.15) is 0 Å². The van der Waals surface area contributed by atoms with Crippen LogP contribution in [-0.2, 0) is 15.5 Å².